The van der Waals surface area contributed by atoms with Gasteiger partial charge in [-0.25, -0.2) is 0 Å². The van der Waals surface area contributed by atoms with Gasteiger partial charge in [0.1, 0.15) is 0 Å². The van der Waals surface area contributed by atoms with Crippen LogP contribution in [0.4, 0.5) is 0 Å². The molecule has 0 saturated carbocycles. The Balaban J connectivity index is 2.22. The summed E-state index contributed by atoms with van der Waals surface area (Å²) in [6, 6.07) is 0. The second-order valence-electron chi connectivity index (χ2n) is 1.94. The third-order valence-corrected chi connectivity index (χ3v) is 1.98. The molecule has 2 atom stereocenters. The summed E-state index contributed by atoms with van der Waals surface area (Å²) in [5.41, 5.74) is 0. The van der Waals surface area contributed by atoms with Gasteiger partial charge >= 0.3 is 0 Å². The van der Waals surface area contributed by atoms with Crippen molar-refractivity contribution in [1.82, 2.24) is 0 Å². The highest BCUT2D eigenvalue weighted by Gasteiger charge is 2.21. The van der Waals surface area contributed by atoms with E-state index < -0.39 is 6.29 Å². The van der Waals surface area contributed by atoms with E-state index in [1.165, 1.54) is 0 Å². The second kappa shape index (κ2) is 2.80. The monoisotopic (exact) mass is 180 g/mol. The van der Waals surface area contributed by atoms with E-state index in [4.69, 9.17) is 9.84 Å². The predicted octanol–water partition coefficient (Wildman–Crippen LogP) is 0.879. The van der Waals surface area contributed by atoms with Gasteiger partial charge in [0.05, 0.1) is 6.10 Å². The Labute approximate surface area is 57.0 Å². The molecule has 1 aliphatic rings. The Morgan fingerprint density at radius 1 is 1.62 bits per heavy atom. The lowest BCUT2D eigenvalue weighted by Gasteiger charge is -2.03. The molecule has 0 aromatic carbocycles. The number of aliphatic hydroxyl groups excluding tert-OH is 1. The zero-order valence-electron chi connectivity index (χ0n) is 4.51. The van der Waals surface area contributed by atoms with Crippen molar-refractivity contribution in [2.75, 3.05) is 5.33 Å². The molecule has 0 aliphatic carbocycles. The molecule has 0 amide bonds. The van der Waals surface area contributed by atoms with Crippen LogP contribution in [0, 0.1) is 0 Å². The molecule has 0 aromatic heterocycles. The molecule has 8 heavy (non-hydrogen) atoms. The summed E-state index contributed by atoms with van der Waals surface area (Å²) >= 11 is 3.27. The molecule has 1 fully saturated rings. The maximum atomic E-state index is 8.79. The molecule has 1 rings (SSSR count). The maximum Gasteiger partial charge on any atom is 0.155 e. The van der Waals surface area contributed by atoms with E-state index in [2.05, 4.69) is 15.9 Å². The van der Waals surface area contributed by atoms with Crippen LogP contribution in [0.2, 0.25) is 0 Å². The van der Waals surface area contributed by atoms with Crippen LogP contribution in [0.25, 0.3) is 0 Å². The smallest absolute Gasteiger partial charge is 0.155 e. The lowest BCUT2D eigenvalue weighted by molar-refractivity contribution is -0.0834. The van der Waals surface area contributed by atoms with E-state index >= 15 is 0 Å². The van der Waals surface area contributed by atoms with E-state index in [9.17, 15) is 0 Å². The molecule has 1 aliphatic heterocycles. The molecule has 0 spiro atoms. The topological polar surface area (TPSA) is 29.5 Å². The normalized spacial score (nSPS) is 38.2. The predicted molar refractivity (Wildman–Crippen MR) is 33.9 cm³/mol. The summed E-state index contributed by atoms with van der Waals surface area (Å²) in [5, 5.41) is 9.62. The first-order valence-electron chi connectivity index (χ1n) is 2.72. The van der Waals surface area contributed by atoms with Crippen molar-refractivity contribution in [3.05, 3.63) is 0 Å². The molecule has 0 radical (unpaired) electrons. The van der Waals surface area contributed by atoms with Crippen LogP contribution in [-0.4, -0.2) is 22.8 Å². The quantitative estimate of drug-likeness (QED) is 0.608. The average Bonchev–Trinajstić information content (AvgIpc) is 2.14. The molecule has 2 unspecified atom stereocenters. The van der Waals surface area contributed by atoms with E-state index in [-0.39, 0.29) is 6.10 Å². The highest BCUT2D eigenvalue weighted by atomic mass is 79.9. The first-order valence-corrected chi connectivity index (χ1v) is 3.84. The number of hydrogen-bond acceptors (Lipinski definition) is 2. The minimum absolute atomic E-state index is 0.241. The number of hydrogen-bond donors (Lipinski definition) is 1. The number of ether oxygens (including phenoxy) is 1. The minimum Gasteiger partial charge on any atom is -0.368 e. The van der Waals surface area contributed by atoms with Crippen molar-refractivity contribution in [2.24, 2.45) is 0 Å². The second-order valence-corrected chi connectivity index (χ2v) is 2.59. The third-order valence-electron chi connectivity index (χ3n) is 1.26. The van der Waals surface area contributed by atoms with Gasteiger partial charge in [0.15, 0.2) is 6.29 Å². The Hall–Kier alpha value is 0.400. The minimum atomic E-state index is -0.502. The summed E-state index contributed by atoms with van der Waals surface area (Å²) in [6.07, 6.45) is 1.51. The Morgan fingerprint density at radius 2 is 2.38 bits per heavy atom. The van der Waals surface area contributed by atoms with E-state index in [1.807, 2.05) is 0 Å². The van der Waals surface area contributed by atoms with Crippen LogP contribution in [0.3, 0.4) is 0 Å². The molecular formula is C5H9BrO2. The molecule has 48 valence electrons. The fraction of sp³-hybridized carbons (Fsp3) is 1.00. The summed E-state index contributed by atoms with van der Waals surface area (Å²) in [7, 11) is 0. The maximum absolute atomic E-state index is 8.79. The van der Waals surface area contributed by atoms with Gasteiger partial charge in [-0.2, -0.15) is 0 Å². The van der Waals surface area contributed by atoms with Crippen molar-refractivity contribution in [3.8, 4) is 0 Å². The molecule has 1 N–H and O–H groups in total. The zero-order chi connectivity index (χ0) is 5.98. The van der Waals surface area contributed by atoms with E-state index in [0.29, 0.717) is 0 Å². The lowest BCUT2D eigenvalue weighted by atomic mass is 10.3. The summed E-state index contributed by atoms with van der Waals surface area (Å²) < 4.78 is 5.02. The molecule has 2 nitrogen and oxygen atoms in total. The van der Waals surface area contributed by atoms with E-state index in [0.717, 1.165) is 18.2 Å². The van der Waals surface area contributed by atoms with Gasteiger partial charge in [0.25, 0.3) is 0 Å². The largest absolute Gasteiger partial charge is 0.368 e. The zero-order valence-corrected chi connectivity index (χ0v) is 6.10. The van der Waals surface area contributed by atoms with Crippen LogP contribution < -0.4 is 0 Å². The van der Waals surface area contributed by atoms with Gasteiger partial charge in [-0.3, -0.25) is 0 Å². The van der Waals surface area contributed by atoms with Crippen LogP contribution in [0.15, 0.2) is 0 Å². The van der Waals surface area contributed by atoms with Crippen LogP contribution >= 0.6 is 15.9 Å². The molecule has 0 aromatic rings. The summed E-state index contributed by atoms with van der Waals surface area (Å²) in [6.45, 7) is 0. The number of halogens is 1. The SMILES string of the molecule is OC1CCC(CBr)O1. The summed E-state index contributed by atoms with van der Waals surface area (Å²) in [5.74, 6) is 0. The summed E-state index contributed by atoms with van der Waals surface area (Å²) in [4.78, 5) is 0. The molecule has 1 heterocycles. The Bertz CT molecular complexity index is 76.8. The lowest BCUT2D eigenvalue weighted by Crippen LogP contribution is -2.10. The fourth-order valence-corrected chi connectivity index (χ4v) is 1.28. The van der Waals surface area contributed by atoms with Gasteiger partial charge in [0, 0.05) is 11.8 Å². The van der Waals surface area contributed by atoms with Gasteiger partial charge in [-0.05, 0) is 6.42 Å². The van der Waals surface area contributed by atoms with E-state index in [1.54, 1.807) is 0 Å². The van der Waals surface area contributed by atoms with Gasteiger partial charge in [0.2, 0.25) is 0 Å². The highest BCUT2D eigenvalue weighted by Crippen LogP contribution is 2.18. The molecule has 0 bridgehead atoms. The highest BCUT2D eigenvalue weighted by molar-refractivity contribution is 9.09. The van der Waals surface area contributed by atoms with Crippen molar-refractivity contribution in [1.29, 1.82) is 0 Å². The molecular weight excluding hydrogens is 172 g/mol. The van der Waals surface area contributed by atoms with Crippen molar-refractivity contribution in [2.45, 2.75) is 25.2 Å². The number of alkyl halides is 1. The average molecular weight is 181 g/mol. The number of aliphatic hydroxyl groups is 1. The molecule has 3 heteroatoms. The molecule has 1 saturated heterocycles. The first kappa shape index (κ1) is 6.52. The first-order chi connectivity index (χ1) is 3.83. The van der Waals surface area contributed by atoms with Crippen LogP contribution in [0.1, 0.15) is 12.8 Å². The van der Waals surface area contributed by atoms with Gasteiger partial charge in [-0.15, -0.1) is 0 Å². The van der Waals surface area contributed by atoms with Crippen LogP contribution in [0.5, 0.6) is 0 Å². The van der Waals surface area contributed by atoms with Gasteiger partial charge in [-0.1, -0.05) is 15.9 Å². The van der Waals surface area contributed by atoms with Gasteiger partial charge < -0.3 is 9.84 Å². The standard InChI is InChI=1S/C5H9BrO2/c6-3-4-1-2-5(7)8-4/h4-5,7H,1-3H2. The number of rotatable bonds is 1. The fourth-order valence-electron chi connectivity index (χ4n) is 0.800. The Morgan fingerprint density at radius 3 is 2.62 bits per heavy atom. The Kier molecular flexibility index (Phi) is 2.28. The van der Waals surface area contributed by atoms with Crippen molar-refractivity contribution >= 4 is 15.9 Å². The van der Waals surface area contributed by atoms with Crippen LogP contribution in [-0.2, 0) is 4.74 Å². The third kappa shape index (κ3) is 1.44. The van der Waals surface area contributed by atoms with Crippen molar-refractivity contribution < 1.29 is 9.84 Å². The van der Waals surface area contributed by atoms with Crippen molar-refractivity contribution in [3.63, 3.8) is 0 Å².